The van der Waals surface area contributed by atoms with Gasteiger partial charge in [0.05, 0.1) is 23.1 Å². The number of hydrazine groups is 1. The van der Waals surface area contributed by atoms with E-state index in [0.717, 1.165) is 6.42 Å². The first-order chi connectivity index (χ1) is 18.9. The van der Waals surface area contributed by atoms with Crippen LogP contribution in [0.5, 0.6) is 0 Å². The van der Waals surface area contributed by atoms with Crippen LogP contribution in [0.3, 0.4) is 0 Å². The first-order valence-corrected chi connectivity index (χ1v) is 12.8. The van der Waals surface area contributed by atoms with Crippen molar-refractivity contribution in [1.82, 2.24) is 10.9 Å². The monoisotopic (exact) mass is 525 g/mol. The van der Waals surface area contributed by atoms with Gasteiger partial charge in [-0.2, -0.15) is 0 Å². The summed E-state index contributed by atoms with van der Waals surface area (Å²) in [6.45, 7) is -0.634. The fourth-order valence-electron chi connectivity index (χ4n) is 5.27. The van der Waals surface area contributed by atoms with Crippen molar-refractivity contribution in [2.45, 2.75) is 25.2 Å². The van der Waals surface area contributed by atoms with Crippen molar-refractivity contribution in [3.8, 4) is 0 Å². The van der Waals surface area contributed by atoms with Gasteiger partial charge in [0.2, 0.25) is 11.8 Å². The molecule has 39 heavy (non-hydrogen) atoms. The molecule has 0 radical (unpaired) electrons. The third-order valence-electron chi connectivity index (χ3n) is 7.22. The van der Waals surface area contributed by atoms with E-state index in [-0.39, 0.29) is 29.2 Å². The maximum Gasteiger partial charge on any atom is 0.338 e. The van der Waals surface area contributed by atoms with Crippen molar-refractivity contribution in [2.75, 3.05) is 11.5 Å². The molecule has 9 nitrogen and oxygen atoms in total. The Morgan fingerprint density at radius 1 is 0.769 bits per heavy atom. The molecule has 3 aromatic rings. The highest BCUT2D eigenvalue weighted by Gasteiger charge is 2.50. The summed E-state index contributed by atoms with van der Waals surface area (Å²) in [4.78, 5) is 64.4. The quantitative estimate of drug-likeness (QED) is 0.289. The van der Waals surface area contributed by atoms with Crippen LogP contribution in [-0.2, 0) is 19.1 Å². The second kappa shape index (κ2) is 11.3. The number of anilines is 1. The first-order valence-electron chi connectivity index (χ1n) is 12.8. The minimum absolute atomic E-state index is 0.0891. The van der Waals surface area contributed by atoms with E-state index in [4.69, 9.17) is 4.74 Å². The molecule has 1 aliphatic heterocycles. The number of nitrogens with one attached hydrogen (secondary N) is 2. The number of esters is 1. The Morgan fingerprint density at radius 2 is 1.44 bits per heavy atom. The number of imide groups is 1. The molecule has 1 heterocycles. The Balaban J connectivity index is 1.19. The summed E-state index contributed by atoms with van der Waals surface area (Å²) >= 11 is 0. The van der Waals surface area contributed by atoms with Crippen molar-refractivity contribution in [3.63, 3.8) is 0 Å². The molecule has 2 N–H and O–H groups in total. The fourth-order valence-corrected chi connectivity index (χ4v) is 5.27. The molecule has 1 saturated heterocycles. The summed E-state index contributed by atoms with van der Waals surface area (Å²) in [5.74, 6) is -3.12. The number of fused-ring (bicyclic) bond motifs is 1. The number of carbonyl (C=O) groups is 5. The zero-order valence-corrected chi connectivity index (χ0v) is 21.0. The first kappa shape index (κ1) is 25.8. The second-order valence-corrected chi connectivity index (χ2v) is 9.64. The lowest BCUT2D eigenvalue weighted by Gasteiger charge is -2.28. The van der Waals surface area contributed by atoms with Crippen molar-refractivity contribution < 1.29 is 28.7 Å². The molecule has 2 fully saturated rings. The van der Waals surface area contributed by atoms with Crippen LogP contribution in [0, 0.1) is 11.8 Å². The zero-order chi connectivity index (χ0) is 27.4. The second-order valence-electron chi connectivity index (χ2n) is 9.64. The molecule has 0 spiro atoms. The van der Waals surface area contributed by atoms with Gasteiger partial charge in [0, 0.05) is 5.56 Å². The summed E-state index contributed by atoms with van der Waals surface area (Å²) < 4.78 is 5.07. The van der Waals surface area contributed by atoms with E-state index < -0.39 is 30.3 Å². The zero-order valence-electron chi connectivity index (χ0n) is 21.0. The van der Waals surface area contributed by atoms with Crippen molar-refractivity contribution in [1.29, 1.82) is 0 Å². The number of benzene rings is 3. The number of carbonyl (C=O) groups excluding carboxylic acids is 5. The van der Waals surface area contributed by atoms with E-state index in [0.29, 0.717) is 24.1 Å². The Kier molecular flexibility index (Phi) is 7.49. The Bertz CT molecular complexity index is 1410. The molecular weight excluding hydrogens is 498 g/mol. The van der Waals surface area contributed by atoms with Gasteiger partial charge in [0.1, 0.15) is 0 Å². The van der Waals surface area contributed by atoms with E-state index >= 15 is 0 Å². The van der Waals surface area contributed by atoms with Gasteiger partial charge in [-0.05, 0) is 61.1 Å². The normalized spacial score (nSPS) is 20.2. The number of hydrogen-bond donors (Lipinski definition) is 2. The van der Waals surface area contributed by atoms with Gasteiger partial charge in [-0.3, -0.25) is 34.9 Å². The highest BCUT2D eigenvalue weighted by Crippen LogP contribution is 2.45. The largest absolute Gasteiger partial charge is 0.452 e. The summed E-state index contributed by atoms with van der Waals surface area (Å²) in [6.07, 6.45) is 2.06. The predicted molar refractivity (Wildman–Crippen MR) is 141 cm³/mol. The maximum atomic E-state index is 13.4. The smallest absolute Gasteiger partial charge is 0.338 e. The number of amides is 4. The Labute approximate surface area is 225 Å². The van der Waals surface area contributed by atoms with E-state index in [1.165, 1.54) is 22.6 Å². The van der Waals surface area contributed by atoms with Crippen molar-refractivity contribution in [2.24, 2.45) is 11.8 Å². The minimum Gasteiger partial charge on any atom is -0.452 e. The number of rotatable bonds is 6. The lowest BCUT2D eigenvalue weighted by Crippen LogP contribution is -2.43. The van der Waals surface area contributed by atoms with E-state index in [9.17, 15) is 24.0 Å². The van der Waals surface area contributed by atoms with Gasteiger partial charge in [-0.15, -0.1) is 0 Å². The maximum absolute atomic E-state index is 13.4. The lowest BCUT2D eigenvalue weighted by molar-refractivity contribution is -0.125. The SMILES string of the molecule is O=C(COC(=O)c1cccc(N2C(=O)[C@@H]3CC[C@H](c4ccccc4)C[C@H]3C2=O)c1)NNC(=O)c1ccccc1. The van der Waals surface area contributed by atoms with Crippen LogP contribution in [0.25, 0.3) is 0 Å². The van der Waals surface area contributed by atoms with Gasteiger partial charge in [0.25, 0.3) is 11.8 Å². The molecule has 2 aliphatic rings. The summed E-state index contributed by atoms with van der Waals surface area (Å²) in [6, 6.07) is 24.4. The number of hydrogen-bond acceptors (Lipinski definition) is 6. The van der Waals surface area contributed by atoms with Crippen LogP contribution in [0.4, 0.5) is 5.69 Å². The topological polar surface area (TPSA) is 122 Å². The average molecular weight is 526 g/mol. The van der Waals surface area contributed by atoms with Crippen LogP contribution >= 0.6 is 0 Å². The van der Waals surface area contributed by atoms with E-state index in [1.54, 1.807) is 42.5 Å². The van der Waals surface area contributed by atoms with E-state index in [2.05, 4.69) is 23.0 Å². The van der Waals surface area contributed by atoms with Crippen LogP contribution in [0.1, 0.15) is 51.5 Å². The molecule has 0 aromatic heterocycles. The average Bonchev–Trinajstić information content (AvgIpc) is 3.24. The molecular formula is C30H27N3O6. The highest BCUT2D eigenvalue weighted by atomic mass is 16.5. The highest BCUT2D eigenvalue weighted by molar-refractivity contribution is 6.22. The summed E-state index contributed by atoms with van der Waals surface area (Å²) in [5.41, 5.74) is 6.34. The van der Waals surface area contributed by atoms with Crippen LogP contribution in [-0.4, -0.2) is 36.2 Å². The molecule has 198 valence electrons. The molecule has 0 bridgehead atoms. The third kappa shape index (κ3) is 5.57. The van der Waals surface area contributed by atoms with Gasteiger partial charge in [0.15, 0.2) is 6.61 Å². The lowest BCUT2D eigenvalue weighted by atomic mass is 9.73. The van der Waals surface area contributed by atoms with Crippen LogP contribution < -0.4 is 15.8 Å². The molecule has 9 heteroatoms. The van der Waals surface area contributed by atoms with E-state index in [1.807, 2.05) is 18.2 Å². The van der Waals surface area contributed by atoms with Crippen molar-refractivity contribution >= 4 is 35.3 Å². The van der Waals surface area contributed by atoms with Gasteiger partial charge >= 0.3 is 5.97 Å². The minimum atomic E-state index is -0.804. The fraction of sp³-hybridized carbons (Fsp3) is 0.233. The molecule has 3 aromatic carbocycles. The van der Waals surface area contributed by atoms with Gasteiger partial charge in [-0.25, -0.2) is 4.79 Å². The van der Waals surface area contributed by atoms with Crippen molar-refractivity contribution in [3.05, 3.63) is 102 Å². The van der Waals surface area contributed by atoms with Crippen LogP contribution in [0.2, 0.25) is 0 Å². The Morgan fingerprint density at radius 3 is 2.18 bits per heavy atom. The predicted octanol–water partition coefficient (Wildman–Crippen LogP) is 3.38. The molecule has 4 amide bonds. The molecule has 1 aliphatic carbocycles. The summed E-state index contributed by atoms with van der Waals surface area (Å²) in [5, 5.41) is 0. The van der Waals surface area contributed by atoms with Gasteiger partial charge < -0.3 is 4.74 Å². The number of nitrogens with zero attached hydrogens (tertiary/aromatic N) is 1. The molecule has 5 rings (SSSR count). The standard InChI is InChI=1S/C30H27N3O6/c34-26(31-32-27(35)20-10-5-2-6-11-20)18-39-30(38)22-12-7-13-23(16-22)33-28(36)24-15-14-21(17-25(24)29(33)37)19-8-3-1-4-9-19/h1-13,16,21,24-25H,14-15,17-18H2,(H,31,34)(H,32,35)/t21-,24+,25+/m0/s1. The van der Waals surface area contributed by atoms with Gasteiger partial charge in [-0.1, -0.05) is 54.6 Å². The summed E-state index contributed by atoms with van der Waals surface area (Å²) in [7, 11) is 0. The number of ether oxygens (including phenoxy) is 1. The Hall–Kier alpha value is -4.79. The molecule has 0 unspecified atom stereocenters. The molecule has 1 saturated carbocycles. The van der Waals surface area contributed by atoms with Crippen LogP contribution in [0.15, 0.2) is 84.9 Å². The molecule has 3 atom stereocenters. The third-order valence-corrected chi connectivity index (χ3v) is 7.22.